The summed E-state index contributed by atoms with van der Waals surface area (Å²) in [7, 11) is -3.75. The van der Waals surface area contributed by atoms with E-state index in [1.165, 1.54) is 6.42 Å². The third-order valence-corrected chi connectivity index (χ3v) is 6.97. The fraction of sp³-hybridized carbons (Fsp3) is 0.615. The minimum absolute atomic E-state index is 0.0662. The van der Waals surface area contributed by atoms with Gasteiger partial charge in [0.1, 0.15) is 4.21 Å². The first-order chi connectivity index (χ1) is 9.29. The van der Waals surface area contributed by atoms with Crippen LogP contribution in [0, 0.1) is 12.3 Å². The molecule has 2 rings (SSSR count). The zero-order valence-electron chi connectivity index (χ0n) is 11.7. The minimum atomic E-state index is -3.75. The lowest BCUT2D eigenvalue weighted by atomic mass is 9.67. The minimum Gasteiger partial charge on any atom is -0.351 e. The molecule has 20 heavy (non-hydrogen) atoms. The molecular formula is C13H20N2O3S2. The molecule has 1 aromatic rings. The second kappa shape index (κ2) is 5.46. The molecule has 0 saturated heterocycles. The van der Waals surface area contributed by atoms with Gasteiger partial charge in [0.25, 0.3) is 5.91 Å². The number of sulfonamides is 1. The van der Waals surface area contributed by atoms with E-state index in [9.17, 15) is 13.2 Å². The molecule has 0 unspecified atom stereocenters. The summed E-state index contributed by atoms with van der Waals surface area (Å²) >= 11 is 0.996. The standard InChI is InChI=1S/C13H20N2O3S2/c1-3-13(5-4-6-13)8-15-11(16)10-7-19-12(9(10)2)20(14,17)18/h7H,3-6,8H2,1-2H3,(H,15,16)(H2,14,17,18). The number of hydrogen-bond donors (Lipinski definition) is 2. The molecule has 3 N–H and O–H groups in total. The summed E-state index contributed by atoms with van der Waals surface area (Å²) in [6.07, 6.45) is 4.57. The first kappa shape index (κ1) is 15.5. The molecule has 0 bridgehead atoms. The molecule has 1 amide bonds. The Morgan fingerprint density at radius 3 is 2.55 bits per heavy atom. The van der Waals surface area contributed by atoms with Crippen LogP contribution in [0.2, 0.25) is 0 Å². The lowest BCUT2D eigenvalue weighted by Crippen LogP contribution is -2.41. The summed E-state index contributed by atoms with van der Waals surface area (Å²) < 4.78 is 22.8. The molecular weight excluding hydrogens is 296 g/mol. The van der Waals surface area contributed by atoms with Gasteiger partial charge in [-0.1, -0.05) is 13.3 Å². The van der Waals surface area contributed by atoms with E-state index in [1.807, 2.05) is 0 Å². The van der Waals surface area contributed by atoms with E-state index in [4.69, 9.17) is 5.14 Å². The van der Waals surface area contributed by atoms with Crippen LogP contribution < -0.4 is 10.5 Å². The molecule has 5 nitrogen and oxygen atoms in total. The van der Waals surface area contributed by atoms with E-state index in [0.29, 0.717) is 17.7 Å². The van der Waals surface area contributed by atoms with Crippen molar-refractivity contribution in [2.75, 3.05) is 6.54 Å². The normalized spacial score (nSPS) is 17.6. The van der Waals surface area contributed by atoms with Crippen molar-refractivity contribution in [1.29, 1.82) is 0 Å². The Morgan fingerprint density at radius 1 is 1.50 bits per heavy atom. The van der Waals surface area contributed by atoms with Gasteiger partial charge in [0, 0.05) is 11.9 Å². The predicted molar refractivity (Wildman–Crippen MR) is 79.3 cm³/mol. The fourth-order valence-electron chi connectivity index (χ4n) is 2.60. The Balaban J connectivity index is 2.09. The molecule has 0 aromatic carbocycles. The van der Waals surface area contributed by atoms with Gasteiger partial charge in [-0.05, 0) is 37.2 Å². The molecule has 1 aliphatic carbocycles. The first-order valence-corrected chi connectivity index (χ1v) is 9.11. The molecule has 1 saturated carbocycles. The van der Waals surface area contributed by atoms with Crippen LogP contribution in [0.5, 0.6) is 0 Å². The van der Waals surface area contributed by atoms with Crippen LogP contribution in [0.25, 0.3) is 0 Å². The van der Waals surface area contributed by atoms with E-state index in [0.717, 1.165) is 30.6 Å². The van der Waals surface area contributed by atoms with Crippen molar-refractivity contribution in [3.63, 3.8) is 0 Å². The number of primary sulfonamides is 1. The molecule has 1 aliphatic rings. The first-order valence-electron chi connectivity index (χ1n) is 6.68. The number of carbonyl (C=O) groups excluding carboxylic acids is 1. The lowest BCUT2D eigenvalue weighted by Gasteiger charge is -2.41. The zero-order valence-corrected chi connectivity index (χ0v) is 13.4. The molecule has 112 valence electrons. The van der Waals surface area contributed by atoms with E-state index in [1.54, 1.807) is 12.3 Å². The van der Waals surface area contributed by atoms with Crippen LogP contribution in [0.4, 0.5) is 0 Å². The molecule has 0 spiro atoms. The number of nitrogens with two attached hydrogens (primary N) is 1. The van der Waals surface area contributed by atoms with E-state index >= 15 is 0 Å². The van der Waals surface area contributed by atoms with Crippen LogP contribution in [-0.2, 0) is 10.0 Å². The summed E-state index contributed by atoms with van der Waals surface area (Å²) in [5.74, 6) is -0.214. The summed E-state index contributed by atoms with van der Waals surface area (Å²) in [4.78, 5) is 12.2. The second-order valence-corrected chi connectivity index (χ2v) is 8.13. The molecule has 1 fully saturated rings. The number of rotatable bonds is 5. The average Bonchev–Trinajstić information content (AvgIpc) is 2.69. The van der Waals surface area contributed by atoms with Crippen molar-refractivity contribution in [2.24, 2.45) is 10.6 Å². The number of thiophene rings is 1. The molecule has 1 heterocycles. The number of hydrogen-bond acceptors (Lipinski definition) is 4. The van der Waals surface area contributed by atoms with Gasteiger partial charge in [-0.15, -0.1) is 11.3 Å². The van der Waals surface area contributed by atoms with Crippen molar-refractivity contribution in [2.45, 2.75) is 43.7 Å². The Kier molecular flexibility index (Phi) is 4.22. The highest BCUT2D eigenvalue weighted by Crippen LogP contribution is 2.43. The van der Waals surface area contributed by atoms with Crippen molar-refractivity contribution >= 4 is 27.3 Å². The van der Waals surface area contributed by atoms with Crippen LogP contribution in [0.15, 0.2) is 9.59 Å². The zero-order chi connectivity index (χ0) is 15.0. The SMILES string of the molecule is CCC1(CNC(=O)c2csc(S(N)(=O)=O)c2C)CCC1. The number of nitrogens with one attached hydrogen (secondary N) is 1. The van der Waals surface area contributed by atoms with E-state index < -0.39 is 10.0 Å². The van der Waals surface area contributed by atoms with Crippen LogP contribution in [0.3, 0.4) is 0 Å². The average molecular weight is 316 g/mol. The van der Waals surface area contributed by atoms with Gasteiger partial charge in [-0.2, -0.15) is 0 Å². The highest BCUT2D eigenvalue weighted by atomic mass is 32.2. The maximum absolute atomic E-state index is 12.2. The Bertz CT molecular complexity index is 610. The monoisotopic (exact) mass is 316 g/mol. The quantitative estimate of drug-likeness (QED) is 0.871. The van der Waals surface area contributed by atoms with Crippen molar-refractivity contribution in [3.8, 4) is 0 Å². The summed E-state index contributed by atoms with van der Waals surface area (Å²) in [6, 6.07) is 0. The highest BCUT2D eigenvalue weighted by Gasteiger charge is 2.35. The van der Waals surface area contributed by atoms with E-state index in [-0.39, 0.29) is 15.5 Å². The van der Waals surface area contributed by atoms with E-state index in [2.05, 4.69) is 12.2 Å². The van der Waals surface area contributed by atoms with Crippen molar-refractivity contribution in [1.82, 2.24) is 5.32 Å². The molecule has 0 atom stereocenters. The summed E-state index contributed by atoms with van der Waals surface area (Å²) in [5, 5.41) is 9.61. The smallest absolute Gasteiger partial charge is 0.252 e. The topological polar surface area (TPSA) is 89.3 Å². The highest BCUT2D eigenvalue weighted by molar-refractivity contribution is 7.91. The molecule has 0 radical (unpaired) electrons. The molecule has 7 heteroatoms. The predicted octanol–water partition coefficient (Wildman–Crippen LogP) is 2.01. The number of amides is 1. The van der Waals surface area contributed by atoms with Crippen LogP contribution in [0.1, 0.15) is 48.5 Å². The Morgan fingerprint density at radius 2 is 2.15 bits per heavy atom. The lowest BCUT2D eigenvalue weighted by molar-refractivity contribution is 0.0850. The van der Waals surface area contributed by atoms with Gasteiger partial charge in [0.2, 0.25) is 10.0 Å². The summed E-state index contributed by atoms with van der Waals surface area (Å²) in [6.45, 7) is 4.41. The molecule has 1 aromatic heterocycles. The van der Waals surface area contributed by atoms with Crippen molar-refractivity contribution in [3.05, 3.63) is 16.5 Å². The van der Waals surface area contributed by atoms with Crippen LogP contribution in [-0.4, -0.2) is 20.9 Å². The third-order valence-electron chi connectivity index (χ3n) is 4.29. The maximum Gasteiger partial charge on any atom is 0.252 e. The number of carbonyl (C=O) groups is 1. The van der Waals surface area contributed by atoms with Crippen LogP contribution >= 0.6 is 11.3 Å². The van der Waals surface area contributed by atoms with Gasteiger partial charge >= 0.3 is 0 Å². The Labute approximate surface area is 123 Å². The largest absolute Gasteiger partial charge is 0.351 e. The van der Waals surface area contributed by atoms with Gasteiger partial charge in [-0.3, -0.25) is 4.79 Å². The summed E-state index contributed by atoms with van der Waals surface area (Å²) in [5.41, 5.74) is 1.08. The van der Waals surface area contributed by atoms with Gasteiger partial charge in [0.15, 0.2) is 0 Å². The third kappa shape index (κ3) is 2.89. The van der Waals surface area contributed by atoms with Gasteiger partial charge in [0.05, 0.1) is 5.56 Å². The molecule has 0 aliphatic heterocycles. The van der Waals surface area contributed by atoms with Gasteiger partial charge < -0.3 is 5.32 Å². The fourth-order valence-corrected chi connectivity index (χ4v) is 4.61. The maximum atomic E-state index is 12.2. The second-order valence-electron chi connectivity index (χ2n) is 5.50. The van der Waals surface area contributed by atoms with Crippen molar-refractivity contribution < 1.29 is 13.2 Å². The van der Waals surface area contributed by atoms with Gasteiger partial charge in [-0.25, -0.2) is 13.6 Å². The Hall–Kier alpha value is -0.920.